The highest BCUT2D eigenvalue weighted by atomic mass is 19.1. The van der Waals surface area contributed by atoms with Crippen LogP contribution in [0.15, 0.2) is 42.5 Å². The molecule has 0 unspecified atom stereocenters. The Hall–Kier alpha value is -2.03. The van der Waals surface area contributed by atoms with Crippen molar-refractivity contribution in [2.45, 2.75) is 26.2 Å². The molecule has 3 heteroatoms. The number of nitrogen functional groups attached to an aromatic ring is 1. The van der Waals surface area contributed by atoms with Crippen LogP contribution < -0.4 is 11.1 Å². The fourth-order valence-corrected chi connectivity index (χ4v) is 1.85. The highest BCUT2D eigenvalue weighted by Crippen LogP contribution is 2.27. The standard InChI is InChI=1S/C16H19FN2/c1-16(2,3)11-4-7-13(8-5-11)19-15-10-12(17)6-9-14(15)18/h4-10,19H,18H2,1-3H3. The molecule has 0 bridgehead atoms. The molecule has 100 valence electrons. The number of nitrogens with two attached hydrogens (primary N) is 1. The summed E-state index contributed by atoms with van der Waals surface area (Å²) in [6, 6.07) is 12.4. The van der Waals surface area contributed by atoms with Crippen molar-refractivity contribution in [3.8, 4) is 0 Å². The first-order valence-corrected chi connectivity index (χ1v) is 6.29. The molecule has 19 heavy (non-hydrogen) atoms. The lowest BCUT2D eigenvalue weighted by atomic mass is 9.87. The number of hydrogen-bond donors (Lipinski definition) is 2. The Balaban J connectivity index is 2.22. The van der Waals surface area contributed by atoms with Gasteiger partial charge in [0, 0.05) is 5.69 Å². The zero-order chi connectivity index (χ0) is 14.0. The van der Waals surface area contributed by atoms with Gasteiger partial charge in [0.1, 0.15) is 5.82 Å². The van der Waals surface area contributed by atoms with Crippen LogP contribution >= 0.6 is 0 Å². The maximum atomic E-state index is 13.2. The van der Waals surface area contributed by atoms with E-state index in [2.05, 4.69) is 38.2 Å². The Morgan fingerprint density at radius 2 is 1.63 bits per heavy atom. The normalized spacial score (nSPS) is 11.4. The van der Waals surface area contributed by atoms with Crippen molar-refractivity contribution in [2.24, 2.45) is 0 Å². The SMILES string of the molecule is CC(C)(C)c1ccc(Nc2cc(F)ccc2N)cc1. The molecular formula is C16H19FN2. The van der Waals surface area contributed by atoms with E-state index in [0.29, 0.717) is 11.4 Å². The molecule has 3 N–H and O–H groups in total. The molecular weight excluding hydrogens is 239 g/mol. The molecule has 0 atom stereocenters. The predicted molar refractivity (Wildman–Crippen MR) is 79.2 cm³/mol. The van der Waals surface area contributed by atoms with Crippen molar-refractivity contribution in [3.05, 3.63) is 53.8 Å². The monoisotopic (exact) mass is 258 g/mol. The first-order chi connectivity index (χ1) is 8.86. The molecule has 2 rings (SSSR count). The molecule has 0 spiro atoms. The van der Waals surface area contributed by atoms with Gasteiger partial charge in [0.05, 0.1) is 11.4 Å². The van der Waals surface area contributed by atoms with E-state index in [4.69, 9.17) is 5.73 Å². The van der Waals surface area contributed by atoms with E-state index in [9.17, 15) is 4.39 Å². The van der Waals surface area contributed by atoms with E-state index in [-0.39, 0.29) is 11.2 Å². The summed E-state index contributed by atoms with van der Waals surface area (Å²) in [4.78, 5) is 0. The van der Waals surface area contributed by atoms with E-state index >= 15 is 0 Å². The first-order valence-electron chi connectivity index (χ1n) is 6.29. The maximum Gasteiger partial charge on any atom is 0.125 e. The van der Waals surface area contributed by atoms with Crippen LogP contribution in [0.3, 0.4) is 0 Å². The van der Waals surface area contributed by atoms with Crippen LogP contribution in [-0.2, 0) is 5.41 Å². The molecule has 2 aromatic rings. The Kier molecular flexibility index (Phi) is 3.47. The molecule has 0 heterocycles. The zero-order valence-electron chi connectivity index (χ0n) is 11.5. The van der Waals surface area contributed by atoms with Crippen LogP contribution in [0.25, 0.3) is 0 Å². The van der Waals surface area contributed by atoms with E-state index in [1.807, 2.05) is 12.1 Å². The van der Waals surface area contributed by atoms with Crippen molar-refractivity contribution in [1.29, 1.82) is 0 Å². The maximum absolute atomic E-state index is 13.2. The third-order valence-electron chi connectivity index (χ3n) is 3.05. The molecule has 0 saturated carbocycles. The number of benzene rings is 2. The largest absolute Gasteiger partial charge is 0.397 e. The molecule has 0 aliphatic rings. The number of hydrogen-bond acceptors (Lipinski definition) is 2. The van der Waals surface area contributed by atoms with Gasteiger partial charge in [0.15, 0.2) is 0 Å². The van der Waals surface area contributed by atoms with Crippen LogP contribution in [0.1, 0.15) is 26.3 Å². The molecule has 0 fully saturated rings. The number of halogens is 1. The molecule has 0 saturated heterocycles. The number of anilines is 3. The van der Waals surface area contributed by atoms with Crippen molar-refractivity contribution in [1.82, 2.24) is 0 Å². The smallest absolute Gasteiger partial charge is 0.125 e. The van der Waals surface area contributed by atoms with Crippen molar-refractivity contribution in [3.63, 3.8) is 0 Å². The minimum Gasteiger partial charge on any atom is -0.397 e. The highest BCUT2D eigenvalue weighted by molar-refractivity contribution is 5.72. The second kappa shape index (κ2) is 4.92. The highest BCUT2D eigenvalue weighted by Gasteiger charge is 2.12. The Bertz CT molecular complexity index is 568. The predicted octanol–water partition coefficient (Wildman–Crippen LogP) is 4.45. The summed E-state index contributed by atoms with van der Waals surface area (Å²) < 4.78 is 13.2. The Labute approximate surface area is 113 Å². The summed E-state index contributed by atoms with van der Waals surface area (Å²) in [5.41, 5.74) is 9.19. The lowest BCUT2D eigenvalue weighted by molar-refractivity contribution is 0.590. The van der Waals surface area contributed by atoms with E-state index < -0.39 is 0 Å². The first kappa shape index (κ1) is 13.4. The lowest BCUT2D eigenvalue weighted by Gasteiger charge is -2.19. The summed E-state index contributed by atoms with van der Waals surface area (Å²) in [6.07, 6.45) is 0. The molecule has 0 radical (unpaired) electrons. The van der Waals surface area contributed by atoms with Crippen LogP contribution in [0, 0.1) is 5.82 Å². The fraction of sp³-hybridized carbons (Fsp3) is 0.250. The van der Waals surface area contributed by atoms with Gasteiger partial charge in [-0.15, -0.1) is 0 Å². The van der Waals surface area contributed by atoms with Gasteiger partial charge in [-0.25, -0.2) is 4.39 Å². The van der Waals surface area contributed by atoms with Gasteiger partial charge in [-0.2, -0.15) is 0 Å². The Morgan fingerprint density at radius 3 is 2.21 bits per heavy atom. The van der Waals surface area contributed by atoms with Crippen LogP contribution in [0.4, 0.5) is 21.5 Å². The minimum atomic E-state index is -0.303. The summed E-state index contributed by atoms with van der Waals surface area (Å²) in [7, 11) is 0. The molecule has 2 aromatic carbocycles. The lowest BCUT2D eigenvalue weighted by Crippen LogP contribution is -2.10. The number of rotatable bonds is 2. The third-order valence-corrected chi connectivity index (χ3v) is 3.05. The third kappa shape index (κ3) is 3.25. The molecule has 0 aromatic heterocycles. The minimum absolute atomic E-state index is 0.121. The summed E-state index contributed by atoms with van der Waals surface area (Å²) in [5.74, 6) is -0.303. The average molecular weight is 258 g/mol. The summed E-state index contributed by atoms with van der Waals surface area (Å²) >= 11 is 0. The quantitative estimate of drug-likeness (QED) is 0.781. The van der Waals surface area contributed by atoms with Crippen LogP contribution in [-0.4, -0.2) is 0 Å². The average Bonchev–Trinajstić information content (AvgIpc) is 2.33. The number of nitrogens with one attached hydrogen (secondary N) is 1. The van der Waals surface area contributed by atoms with Crippen molar-refractivity contribution in [2.75, 3.05) is 11.1 Å². The second-order valence-electron chi connectivity index (χ2n) is 5.68. The van der Waals surface area contributed by atoms with Crippen molar-refractivity contribution < 1.29 is 4.39 Å². The van der Waals surface area contributed by atoms with Gasteiger partial charge in [0.25, 0.3) is 0 Å². The van der Waals surface area contributed by atoms with E-state index in [1.54, 1.807) is 6.07 Å². The topological polar surface area (TPSA) is 38.0 Å². The summed E-state index contributed by atoms with van der Waals surface area (Å²) in [6.45, 7) is 6.50. The van der Waals surface area contributed by atoms with Gasteiger partial charge in [-0.1, -0.05) is 32.9 Å². The van der Waals surface area contributed by atoms with Gasteiger partial charge < -0.3 is 11.1 Å². The van der Waals surface area contributed by atoms with Crippen LogP contribution in [0.5, 0.6) is 0 Å². The fourth-order valence-electron chi connectivity index (χ4n) is 1.85. The molecule has 0 amide bonds. The second-order valence-corrected chi connectivity index (χ2v) is 5.68. The van der Waals surface area contributed by atoms with Gasteiger partial charge in [0.2, 0.25) is 0 Å². The van der Waals surface area contributed by atoms with Gasteiger partial charge in [-0.3, -0.25) is 0 Å². The van der Waals surface area contributed by atoms with Crippen molar-refractivity contribution >= 4 is 17.1 Å². The molecule has 0 aliphatic carbocycles. The molecule has 2 nitrogen and oxygen atoms in total. The van der Waals surface area contributed by atoms with Crippen LogP contribution in [0.2, 0.25) is 0 Å². The van der Waals surface area contributed by atoms with E-state index in [1.165, 1.54) is 17.7 Å². The summed E-state index contributed by atoms with van der Waals surface area (Å²) in [5, 5.41) is 3.13. The zero-order valence-corrected chi connectivity index (χ0v) is 11.5. The van der Waals surface area contributed by atoms with Gasteiger partial charge in [-0.05, 0) is 41.3 Å². The van der Waals surface area contributed by atoms with Gasteiger partial charge >= 0.3 is 0 Å². The van der Waals surface area contributed by atoms with E-state index in [0.717, 1.165) is 5.69 Å². The molecule has 0 aliphatic heterocycles. The Morgan fingerprint density at radius 1 is 1.00 bits per heavy atom.